The molecule has 0 spiro atoms. The highest BCUT2D eigenvalue weighted by Gasteiger charge is 2.10. The number of fused-ring (bicyclic) bond motifs is 1. The van der Waals surface area contributed by atoms with Crippen LogP contribution >= 0.6 is 34.5 Å². The third-order valence-electron chi connectivity index (χ3n) is 2.98. The third kappa shape index (κ3) is 2.61. The SMILES string of the molecule is ClCc1nc2cc(Cl)ccc2n1CCc1cscn1. The van der Waals surface area contributed by atoms with E-state index in [4.69, 9.17) is 23.2 Å². The Kier molecular flexibility index (Phi) is 3.73. The molecule has 0 atom stereocenters. The summed E-state index contributed by atoms with van der Waals surface area (Å²) < 4.78 is 2.14. The van der Waals surface area contributed by atoms with Gasteiger partial charge in [0.15, 0.2) is 0 Å². The lowest BCUT2D eigenvalue weighted by Crippen LogP contribution is -2.05. The highest BCUT2D eigenvalue weighted by atomic mass is 35.5. The third-order valence-corrected chi connectivity index (χ3v) is 4.09. The number of hydrogen-bond acceptors (Lipinski definition) is 3. The minimum atomic E-state index is 0.392. The van der Waals surface area contributed by atoms with Gasteiger partial charge in [-0.2, -0.15) is 0 Å². The molecule has 6 heteroatoms. The number of thiazole rings is 1. The lowest BCUT2D eigenvalue weighted by atomic mass is 10.3. The molecule has 0 bridgehead atoms. The van der Waals surface area contributed by atoms with Gasteiger partial charge in [-0.05, 0) is 18.2 Å². The predicted molar refractivity (Wildman–Crippen MR) is 80.1 cm³/mol. The van der Waals surface area contributed by atoms with Crippen molar-refractivity contribution in [2.24, 2.45) is 0 Å². The normalized spacial score (nSPS) is 11.3. The smallest absolute Gasteiger partial charge is 0.124 e. The number of imidazole rings is 1. The monoisotopic (exact) mass is 311 g/mol. The maximum atomic E-state index is 5.99. The van der Waals surface area contributed by atoms with Crippen molar-refractivity contribution in [3.05, 3.63) is 45.6 Å². The van der Waals surface area contributed by atoms with E-state index in [-0.39, 0.29) is 0 Å². The predicted octanol–water partition coefficient (Wildman–Crippen LogP) is 4.13. The number of aromatic nitrogens is 3. The Morgan fingerprint density at radius 3 is 2.95 bits per heavy atom. The van der Waals surface area contributed by atoms with Crippen molar-refractivity contribution in [3.8, 4) is 0 Å². The van der Waals surface area contributed by atoms with Gasteiger partial charge in [-0.3, -0.25) is 0 Å². The van der Waals surface area contributed by atoms with Gasteiger partial charge in [0.05, 0.1) is 28.1 Å². The molecule has 0 radical (unpaired) electrons. The zero-order chi connectivity index (χ0) is 13.2. The maximum Gasteiger partial charge on any atom is 0.124 e. The molecule has 0 unspecified atom stereocenters. The fourth-order valence-electron chi connectivity index (χ4n) is 2.09. The highest BCUT2D eigenvalue weighted by Crippen LogP contribution is 2.22. The first kappa shape index (κ1) is 12.9. The van der Waals surface area contributed by atoms with E-state index < -0.39 is 0 Å². The first-order valence-electron chi connectivity index (χ1n) is 5.85. The Bertz CT molecular complexity index is 691. The number of halogens is 2. The second kappa shape index (κ2) is 5.49. The van der Waals surface area contributed by atoms with Crippen LogP contribution < -0.4 is 0 Å². The fraction of sp³-hybridized carbons (Fsp3) is 0.231. The summed E-state index contributed by atoms with van der Waals surface area (Å²) in [5.41, 5.74) is 4.90. The Morgan fingerprint density at radius 1 is 1.32 bits per heavy atom. The molecule has 2 heterocycles. The molecule has 3 nitrogen and oxygen atoms in total. The second-order valence-corrected chi connectivity index (χ2v) is 5.60. The topological polar surface area (TPSA) is 30.7 Å². The summed E-state index contributed by atoms with van der Waals surface area (Å²) >= 11 is 13.6. The zero-order valence-electron chi connectivity index (χ0n) is 10.0. The van der Waals surface area contributed by atoms with E-state index in [1.807, 2.05) is 23.7 Å². The van der Waals surface area contributed by atoms with Crippen molar-refractivity contribution >= 4 is 45.6 Å². The molecule has 98 valence electrons. The first-order valence-corrected chi connectivity index (χ1v) is 7.71. The van der Waals surface area contributed by atoms with Crippen molar-refractivity contribution in [3.63, 3.8) is 0 Å². The van der Waals surface area contributed by atoms with Crippen LogP contribution in [0.15, 0.2) is 29.1 Å². The lowest BCUT2D eigenvalue weighted by Gasteiger charge is -2.06. The van der Waals surface area contributed by atoms with Gasteiger partial charge in [-0.25, -0.2) is 9.97 Å². The molecule has 2 aromatic heterocycles. The molecule has 0 N–H and O–H groups in total. The Labute approximate surface area is 124 Å². The van der Waals surface area contributed by atoms with Crippen LogP contribution in [0.2, 0.25) is 5.02 Å². The van der Waals surface area contributed by atoms with E-state index in [1.54, 1.807) is 11.3 Å². The minimum absolute atomic E-state index is 0.392. The van der Waals surface area contributed by atoms with Crippen LogP contribution in [-0.4, -0.2) is 14.5 Å². The Morgan fingerprint density at radius 2 is 2.21 bits per heavy atom. The van der Waals surface area contributed by atoms with E-state index in [9.17, 15) is 0 Å². The van der Waals surface area contributed by atoms with Gasteiger partial charge >= 0.3 is 0 Å². The second-order valence-electron chi connectivity index (χ2n) is 4.18. The number of rotatable bonds is 4. The largest absolute Gasteiger partial charge is 0.327 e. The lowest BCUT2D eigenvalue weighted by molar-refractivity contribution is 0.680. The van der Waals surface area contributed by atoms with E-state index in [1.165, 1.54) is 0 Å². The fourth-order valence-corrected chi connectivity index (χ4v) is 3.05. The molecular formula is C13H11Cl2N3S. The molecular weight excluding hydrogens is 301 g/mol. The van der Waals surface area contributed by atoms with Crippen molar-refractivity contribution in [1.29, 1.82) is 0 Å². The summed E-state index contributed by atoms with van der Waals surface area (Å²) in [6, 6.07) is 5.73. The molecule has 0 fully saturated rings. The molecule has 0 aliphatic rings. The molecule has 0 aliphatic heterocycles. The standard InChI is InChI=1S/C13H11Cl2N3S/c14-6-13-17-11-5-9(15)1-2-12(11)18(13)4-3-10-7-19-8-16-10/h1-2,5,7-8H,3-4,6H2. The highest BCUT2D eigenvalue weighted by molar-refractivity contribution is 7.07. The molecule has 0 amide bonds. The Balaban J connectivity index is 1.96. The van der Waals surface area contributed by atoms with Gasteiger partial charge in [0.25, 0.3) is 0 Å². The van der Waals surface area contributed by atoms with Crippen molar-refractivity contribution in [2.45, 2.75) is 18.8 Å². The quantitative estimate of drug-likeness (QED) is 0.678. The summed E-state index contributed by atoms with van der Waals surface area (Å²) in [5, 5.41) is 2.76. The van der Waals surface area contributed by atoms with Gasteiger partial charge in [0.2, 0.25) is 0 Å². The molecule has 0 saturated heterocycles. The molecule has 1 aromatic carbocycles. The van der Waals surface area contributed by atoms with Crippen LogP contribution in [0.25, 0.3) is 11.0 Å². The van der Waals surface area contributed by atoms with Gasteiger partial charge < -0.3 is 4.57 Å². The summed E-state index contributed by atoms with van der Waals surface area (Å²) in [7, 11) is 0. The van der Waals surface area contributed by atoms with Crippen molar-refractivity contribution < 1.29 is 0 Å². The van der Waals surface area contributed by atoms with Gasteiger partial charge in [-0.1, -0.05) is 11.6 Å². The van der Waals surface area contributed by atoms with Crippen LogP contribution in [0.4, 0.5) is 0 Å². The number of benzene rings is 1. The number of hydrogen-bond donors (Lipinski definition) is 0. The number of aryl methyl sites for hydroxylation is 2. The Hall–Kier alpha value is -1.10. The average molecular weight is 312 g/mol. The molecule has 3 rings (SSSR count). The summed E-state index contributed by atoms with van der Waals surface area (Å²) in [6.45, 7) is 0.823. The van der Waals surface area contributed by atoms with Crippen LogP contribution in [-0.2, 0) is 18.8 Å². The maximum absolute atomic E-state index is 5.99. The van der Waals surface area contributed by atoms with Crippen molar-refractivity contribution in [1.82, 2.24) is 14.5 Å². The summed E-state index contributed by atoms with van der Waals surface area (Å²) in [4.78, 5) is 8.82. The van der Waals surface area contributed by atoms with Crippen molar-refractivity contribution in [2.75, 3.05) is 0 Å². The van der Waals surface area contributed by atoms with E-state index in [0.29, 0.717) is 10.9 Å². The van der Waals surface area contributed by atoms with Crippen LogP contribution in [0.1, 0.15) is 11.5 Å². The van der Waals surface area contributed by atoms with Gasteiger partial charge in [0, 0.05) is 23.4 Å². The molecule has 19 heavy (non-hydrogen) atoms. The zero-order valence-corrected chi connectivity index (χ0v) is 12.3. The van der Waals surface area contributed by atoms with Gasteiger partial charge in [0.1, 0.15) is 5.82 Å². The number of nitrogens with zero attached hydrogens (tertiary/aromatic N) is 3. The van der Waals surface area contributed by atoms with Gasteiger partial charge in [-0.15, -0.1) is 22.9 Å². The van der Waals surface area contributed by atoms with Crippen LogP contribution in [0, 0.1) is 0 Å². The molecule has 0 aliphatic carbocycles. The van der Waals surface area contributed by atoms with E-state index in [0.717, 1.165) is 35.5 Å². The number of alkyl halides is 1. The van der Waals surface area contributed by atoms with Crippen LogP contribution in [0.5, 0.6) is 0 Å². The first-order chi connectivity index (χ1) is 9.28. The van der Waals surface area contributed by atoms with E-state index in [2.05, 4.69) is 19.9 Å². The summed E-state index contributed by atoms with van der Waals surface area (Å²) in [6.07, 6.45) is 0.876. The molecule has 3 aromatic rings. The minimum Gasteiger partial charge on any atom is -0.327 e. The average Bonchev–Trinajstić information content (AvgIpc) is 3.02. The van der Waals surface area contributed by atoms with Crippen LogP contribution in [0.3, 0.4) is 0 Å². The molecule has 0 saturated carbocycles. The van der Waals surface area contributed by atoms with E-state index >= 15 is 0 Å². The summed E-state index contributed by atoms with van der Waals surface area (Å²) in [5.74, 6) is 1.26.